The third-order valence-electron chi connectivity index (χ3n) is 3.59. The Morgan fingerprint density at radius 1 is 1.00 bits per heavy atom. The van der Waals surface area contributed by atoms with Gasteiger partial charge in [-0.2, -0.15) is 0 Å². The smallest absolute Gasteiger partial charge is 0.191 e. The van der Waals surface area contributed by atoms with E-state index in [0.29, 0.717) is 12.1 Å². The predicted molar refractivity (Wildman–Crippen MR) is 68.7 cm³/mol. The van der Waals surface area contributed by atoms with Gasteiger partial charge >= 0.3 is 0 Å². The highest BCUT2D eigenvalue weighted by Crippen LogP contribution is 2.23. The van der Waals surface area contributed by atoms with Crippen LogP contribution in [0.25, 0.3) is 0 Å². The molecule has 0 heterocycles. The molecule has 0 bridgehead atoms. The Kier molecular flexibility index (Phi) is 4.08. The first-order chi connectivity index (χ1) is 7.78. The lowest BCUT2D eigenvalue weighted by atomic mass is 9.87. The standard InChI is InChI=1S/C13H25N3/c1-3-14-13(16-12-8-9-12)15-11-6-4-10(2)5-7-11/h10-12H,3-9H2,1-2H3,(H2,14,15,16). The minimum atomic E-state index is 0.646. The molecule has 0 aromatic heterocycles. The maximum absolute atomic E-state index is 4.51. The molecule has 0 atom stereocenters. The van der Waals surface area contributed by atoms with E-state index in [0.717, 1.165) is 18.4 Å². The molecule has 0 radical (unpaired) electrons. The predicted octanol–water partition coefficient (Wildman–Crippen LogP) is 2.28. The average molecular weight is 223 g/mol. The van der Waals surface area contributed by atoms with Crippen LogP contribution in [0.3, 0.4) is 0 Å². The van der Waals surface area contributed by atoms with Crippen molar-refractivity contribution in [1.82, 2.24) is 10.6 Å². The van der Waals surface area contributed by atoms with Crippen LogP contribution >= 0.6 is 0 Å². The second kappa shape index (κ2) is 5.55. The van der Waals surface area contributed by atoms with E-state index in [9.17, 15) is 0 Å². The van der Waals surface area contributed by atoms with Gasteiger partial charge in [-0.3, -0.25) is 4.99 Å². The van der Waals surface area contributed by atoms with Crippen LogP contribution < -0.4 is 10.6 Å². The molecule has 2 rings (SSSR count). The second-order valence-electron chi connectivity index (χ2n) is 5.34. The molecule has 92 valence electrons. The van der Waals surface area contributed by atoms with E-state index in [-0.39, 0.29) is 0 Å². The van der Waals surface area contributed by atoms with Crippen molar-refractivity contribution in [1.29, 1.82) is 0 Å². The molecule has 2 aliphatic rings. The minimum absolute atomic E-state index is 0.646. The highest BCUT2D eigenvalue weighted by atomic mass is 15.2. The first-order valence-electron chi connectivity index (χ1n) is 6.85. The fourth-order valence-electron chi connectivity index (χ4n) is 2.31. The van der Waals surface area contributed by atoms with Gasteiger partial charge in [0.2, 0.25) is 0 Å². The van der Waals surface area contributed by atoms with E-state index >= 15 is 0 Å². The van der Waals surface area contributed by atoms with E-state index in [2.05, 4.69) is 29.5 Å². The normalized spacial score (nSPS) is 31.2. The van der Waals surface area contributed by atoms with Gasteiger partial charge in [0.1, 0.15) is 0 Å². The highest BCUT2D eigenvalue weighted by molar-refractivity contribution is 5.80. The summed E-state index contributed by atoms with van der Waals surface area (Å²) in [4.78, 5) is 4.51. The molecular formula is C13H25N3. The Balaban J connectivity index is 1.77. The highest BCUT2D eigenvalue weighted by Gasteiger charge is 2.24. The zero-order valence-electron chi connectivity index (χ0n) is 10.6. The van der Waals surface area contributed by atoms with Gasteiger partial charge in [0.05, 0.1) is 0 Å². The van der Waals surface area contributed by atoms with Crippen molar-refractivity contribution in [3.05, 3.63) is 0 Å². The molecule has 0 aromatic rings. The largest absolute Gasteiger partial charge is 0.354 e. The Morgan fingerprint density at radius 2 is 1.50 bits per heavy atom. The van der Waals surface area contributed by atoms with E-state index in [4.69, 9.17) is 0 Å². The topological polar surface area (TPSA) is 36.4 Å². The van der Waals surface area contributed by atoms with Gasteiger partial charge in [-0.15, -0.1) is 0 Å². The number of nitrogens with zero attached hydrogens (tertiary/aromatic N) is 1. The van der Waals surface area contributed by atoms with Gasteiger partial charge < -0.3 is 10.6 Å². The van der Waals surface area contributed by atoms with Crippen LogP contribution in [0.2, 0.25) is 0 Å². The molecule has 2 N–H and O–H groups in total. The van der Waals surface area contributed by atoms with Gasteiger partial charge in [0.15, 0.2) is 5.96 Å². The Labute approximate surface area is 99.1 Å². The third-order valence-corrected chi connectivity index (χ3v) is 3.59. The maximum atomic E-state index is 4.51. The second-order valence-corrected chi connectivity index (χ2v) is 5.34. The monoisotopic (exact) mass is 223 g/mol. The number of rotatable bonds is 3. The van der Waals surface area contributed by atoms with Gasteiger partial charge in [0, 0.05) is 18.6 Å². The van der Waals surface area contributed by atoms with Crippen LogP contribution in [0.5, 0.6) is 0 Å². The fraction of sp³-hybridized carbons (Fsp3) is 0.923. The van der Waals surface area contributed by atoms with Crippen LogP contribution in [0.15, 0.2) is 4.99 Å². The molecule has 0 saturated heterocycles. The third kappa shape index (κ3) is 3.69. The summed E-state index contributed by atoms with van der Waals surface area (Å²) in [5, 5.41) is 7.08. The number of aliphatic imine (C=N–C) groups is 1. The van der Waals surface area contributed by atoms with E-state index in [1.165, 1.54) is 38.5 Å². The van der Waals surface area contributed by atoms with Crippen LogP contribution in [-0.4, -0.2) is 24.6 Å². The molecule has 3 heteroatoms. The summed E-state index contributed by atoms with van der Waals surface area (Å²) in [5.74, 6) is 1.96. The molecule has 0 aliphatic heterocycles. The van der Waals surface area contributed by atoms with Crippen LogP contribution in [-0.2, 0) is 0 Å². The van der Waals surface area contributed by atoms with Crippen molar-refractivity contribution in [2.75, 3.05) is 6.54 Å². The van der Waals surface area contributed by atoms with Gasteiger partial charge in [-0.25, -0.2) is 0 Å². The fourth-order valence-corrected chi connectivity index (χ4v) is 2.31. The van der Waals surface area contributed by atoms with Gasteiger partial charge in [-0.05, 0) is 51.4 Å². The van der Waals surface area contributed by atoms with Crippen molar-refractivity contribution in [3.8, 4) is 0 Å². The Morgan fingerprint density at radius 3 is 1.94 bits per heavy atom. The SMILES string of the molecule is CCN=C(NC1CCC(C)CC1)NC1CC1. The Hall–Kier alpha value is -0.730. The molecule has 0 amide bonds. The summed E-state index contributed by atoms with van der Waals surface area (Å²) in [6.45, 7) is 5.32. The molecular weight excluding hydrogens is 198 g/mol. The zero-order valence-corrected chi connectivity index (χ0v) is 10.6. The molecule has 0 spiro atoms. The van der Waals surface area contributed by atoms with E-state index in [1.807, 2.05) is 0 Å². The summed E-state index contributed by atoms with van der Waals surface area (Å²) >= 11 is 0. The summed E-state index contributed by atoms with van der Waals surface area (Å²) in [7, 11) is 0. The van der Waals surface area contributed by atoms with Crippen molar-refractivity contribution >= 4 is 5.96 Å². The summed E-state index contributed by atoms with van der Waals surface area (Å²) in [6, 6.07) is 1.34. The van der Waals surface area contributed by atoms with E-state index in [1.54, 1.807) is 0 Å². The average Bonchev–Trinajstić information content (AvgIpc) is 3.06. The van der Waals surface area contributed by atoms with Crippen LogP contribution in [0.1, 0.15) is 52.4 Å². The number of guanidine groups is 1. The first kappa shape index (κ1) is 11.7. The number of hydrogen-bond donors (Lipinski definition) is 2. The molecule has 2 saturated carbocycles. The molecule has 2 fully saturated rings. The lowest BCUT2D eigenvalue weighted by molar-refractivity contribution is 0.329. The lowest BCUT2D eigenvalue weighted by Gasteiger charge is -2.28. The van der Waals surface area contributed by atoms with Gasteiger partial charge in [-0.1, -0.05) is 6.92 Å². The Bertz CT molecular complexity index is 238. The summed E-state index contributed by atoms with van der Waals surface area (Å²) in [6.07, 6.45) is 7.95. The number of hydrogen-bond acceptors (Lipinski definition) is 1. The lowest BCUT2D eigenvalue weighted by Crippen LogP contribution is -2.45. The molecule has 3 nitrogen and oxygen atoms in total. The van der Waals surface area contributed by atoms with Crippen LogP contribution in [0.4, 0.5) is 0 Å². The molecule has 16 heavy (non-hydrogen) atoms. The maximum Gasteiger partial charge on any atom is 0.191 e. The minimum Gasteiger partial charge on any atom is -0.354 e. The van der Waals surface area contributed by atoms with Crippen LogP contribution in [0, 0.1) is 5.92 Å². The van der Waals surface area contributed by atoms with Crippen molar-refractivity contribution in [2.45, 2.75) is 64.5 Å². The van der Waals surface area contributed by atoms with Crippen molar-refractivity contribution in [2.24, 2.45) is 10.9 Å². The van der Waals surface area contributed by atoms with E-state index < -0.39 is 0 Å². The molecule has 2 aliphatic carbocycles. The molecule has 0 aromatic carbocycles. The van der Waals surface area contributed by atoms with Crippen molar-refractivity contribution in [3.63, 3.8) is 0 Å². The van der Waals surface area contributed by atoms with Gasteiger partial charge in [0.25, 0.3) is 0 Å². The summed E-state index contributed by atoms with van der Waals surface area (Å²) in [5.41, 5.74) is 0. The zero-order chi connectivity index (χ0) is 11.4. The first-order valence-corrected chi connectivity index (χ1v) is 6.85. The summed E-state index contributed by atoms with van der Waals surface area (Å²) < 4.78 is 0. The van der Waals surface area contributed by atoms with Crippen molar-refractivity contribution < 1.29 is 0 Å². The number of nitrogens with one attached hydrogen (secondary N) is 2. The quantitative estimate of drug-likeness (QED) is 0.569. The molecule has 0 unspecified atom stereocenters.